The van der Waals surface area contributed by atoms with Crippen molar-refractivity contribution in [1.82, 2.24) is 19.7 Å². The highest BCUT2D eigenvalue weighted by atomic mass is 16.6. The van der Waals surface area contributed by atoms with Crippen LogP contribution in [0.25, 0.3) is 22.3 Å². The van der Waals surface area contributed by atoms with E-state index in [2.05, 4.69) is 15.4 Å². The van der Waals surface area contributed by atoms with E-state index in [0.29, 0.717) is 58.6 Å². The Bertz CT molecular complexity index is 1330. The van der Waals surface area contributed by atoms with Crippen LogP contribution in [0.15, 0.2) is 48.8 Å². The SMILES string of the molecule is COc1ccc(NC(=O)c2cc(-c3ccc4c(c3)OCCO4)nc3c2cnn3C(C)C)cn1. The molecule has 1 N–H and O–H groups in total. The Labute approximate surface area is 190 Å². The van der Waals surface area contributed by atoms with Crippen molar-refractivity contribution in [1.29, 1.82) is 0 Å². The van der Waals surface area contributed by atoms with Crippen LogP contribution in [0.1, 0.15) is 30.2 Å². The molecule has 0 unspecified atom stereocenters. The number of aromatic nitrogens is 4. The lowest BCUT2D eigenvalue weighted by molar-refractivity contribution is 0.102. The van der Waals surface area contributed by atoms with Gasteiger partial charge in [-0.2, -0.15) is 5.10 Å². The number of nitrogens with one attached hydrogen (secondary N) is 1. The largest absolute Gasteiger partial charge is 0.486 e. The lowest BCUT2D eigenvalue weighted by atomic mass is 10.1. The zero-order valence-corrected chi connectivity index (χ0v) is 18.5. The van der Waals surface area contributed by atoms with Crippen molar-refractivity contribution < 1.29 is 19.0 Å². The smallest absolute Gasteiger partial charge is 0.256 e. The predicted octanol–water partition coefficient (Wildman–Crippen LogP) is 4.11. The van der Waals surface area contributed by atoms with Crippen LogP contribution in [0, 0.1) is 0 Å². The highest BCUT2D eigenvalue weighted by molar-refractivity contribution is 6.12. The first kappa shape index (κ1) is 20.7. The molecule has 0 spiro atoms. The molecule has 1 aliphatic rings. The quantitative estimate of drug-likeness (QED) is 0.493. The minimum absolute atomic E-state index is 0.0761. The third kappa shape index (κ3) is 3.93. The number of anilines is 1. The molecule has 0 saturated carbocycles. The monoisotopic (exact) mass is 445 g/mol. The Balaban J connectivity index is 1.59. The number of fused-ring (bicyclic) bond motifs is 2. The van der Waals surface area contributed by atoms with E-state index in [1.165, 1.54) is 0 Å². The van der Waals surface area contributed by atoms with Gasteiger partial charge >= 0.3 is 0 Å². The number of hydrogen-bond acceptors (Lipinski definition) is 7. The van der Waals surface area contributed by atoms with Crippen LogP contribution < -0.4 is 19.5 Å². The van der Waals surface area contributed by atoms with Gasteiger partial charge in [0.25, 0.3) is 5.91 Å². The van der Waals surface area contributed by atoms with Gasteiger partial charge in [0.1, 0.15) is 13.2 Å². The minimum atomic E-state index is -0.281. The highest BCUT2D eigenvalue weighted by Gasteiger charge is 2.20. The number of methoxy groups -OCH3 is 1. The normalized spacial score (nSPS) is 12.7. The summed E-state index contributed by atoms with van der Waals surface area (Å²) in [5.41, 5.74) is 3.11. The number of carbonyl (C=O) groups excluding carboxylic acids is 1. The molecule has 3 aromatic heterocycles. The van der Waals surface area contributed by atoms with Gasteiger partial charge in [0, 0.05) is 17.7 Å². The molecule has 0 fully saturated rings. The third-order valence-corrected chi connectivity index (χ3v) is 5.34. The van der Waals surface area contributed by atoms with Gasteiger partial charge in [0.05, 0.1) is 41.8 Å². The second-order valence-electron chi connectivity index (χ2n) is 7.88. The Morgan fingerprint density at radius 2 is 1.91 bits per heavy atom. The molecule has 0 saturated heterocycles. The predicted molar refractivity (Wildman–Crippen MR) is 123 cm³/mol. The number of ether oxygens (including phenoxy) is 3. The van der Waals surface area contributed by atoms with Crippen LogP contribution in [0.2, 0.25) is 0 Å². The van der Waals surface area contributed by atoms with Crippen LogP contribution in [-0.2, 0) is 0 Å². The zero-order valence-electron chi connectivity index (χ0n) is 18.5. The number of nitrogens with zero attached hydrogens (tertiary/aromatic N) is 4. The molecule has 0 radical (unpaired) electrons. The van der Waals surface area contributed by atoms with Crippen molar-refractivity contribution in [2.24, 2.45) is 0 Å². The summed E-state index contributed by atoms with van der Waals surface area (Å²) in [6, 6.07) is 10.9. The summed E-state index contributed by atoms with van der Waals surface area (Å²) in [6.07, 6.45) is 3.23. The second-order valence-corrected chi connectivity index (χ2v) is 7.88. The molecular formula is C24H23N5O4. The van der Waals surface area contributed by atoms with E-state index in [-0.39, 0.29) is 11.9 Å². The minimum Gasteiger partial charge on any atom is -0.486 e. The average molecular weight is 445 g/mol. The maximum atomic E-state index is 13.3. The summed E-state index contributed by atoms with van der Waals surface area (Å²) in [4.78, 5) is 22.3. The average Bonchev–Trinajstić information content (AvgIpc) is 3.28. The number of carbonyl (C=O) groups is 1. The standard InChI is InChI=1S/C24H23N5O4/c1-14(2)29-23-18(13-26-29)17(24(30)27-16-5-7-22(31-3)25-12-16)11-19(28-23)15-4-6-20-21(10-15)33-9-8-32-20/h4-7,10-14H,8-9H2,1-3H3,(H,27,30). The van der Waals surface area contributed by atoms with Crippen LogP contribution in [0.4, 0.5) is 5.69 Å². The molecule has 1 amide bonds. The highest BCUT2D eigenvalue weighted by Crippen LogP contribution is 2.35. The molecule has 4 heterocycles. The number of pyridine rings is 2. The van der Waals surface area contributed by atoms with Crippen LogP contribution in [0.3, 0.4) is 0 Å². The Hall–Kier alpha value is -4.14. The number of rotatable bonds is 5. The van der Waals surface area contributed by atoms with Gasteiger partial charge < -0.3 is 19.5 Å². The maximum absolute atomic E-state index is 13.3. The number of benzene rings is 1. The van der Waals surface area contributed by atoms with E-state index in [1.54, 1.807) is 37.7 Å². The van der Waals surface area contributed by atoms with Crippen LogP contribution in [-0.4, -0.2) is 46.0 Å². The Morgan fingerprint density at radius 3 is 2.64 bits per heavy atom. The summed E-state index contributed by atoms with van der Waals surface area (Å²) in [5, 5.41) is 8.05. The van der Waals surface area contributed by atoms with Gasteiger partial charge in [0.2, 0.25) is 5.88 Å². The molecule has 9 heteroatoms. The molecular weight excluding hydrogens is 422 g/mol. The summed E-state index contributed by atoms with van der Waals surface area (Å²) < 4.78 is 18.2. The van der Waals surface area contributed by atoms with Gasteiger partial charge in [-0.3, -0.25) is 4.79 Å². The lowest BCUT2D eigenvalue weighted by Crippen LogP contribution is -2.15. The molecule has 9 nitrogen and oxygen atoms in total. The molecule has 5 rings (SSSR count). The summed E-state index contributed by atoms with van der Waals surface area (Å²) in [6.45, 7) is 5.06. The number of hydrogen-bond donors (Lipinski definition) is 1. The van der Waals surface area contributed by atoms with Gasteiger partial charge in [0.15, 0.2) is 17.1 Å². The van der Waals surface area contributed by atoms with Crippen LogP contribution >= 0.6 is 0 Å². The molecule has 1 aliphatic heterocycles. The van der Waals surface area contributed by atoms with E-state index in [4.69, 9.17) is 19.2 Å². The zero-order chi connectivity index (χ0) is 22.9. The van der Waals surface area contributed by atoms with E-state index < -0.39 is 0 Å². The first-order valence-electron chi connectivity index (χ1n) is 10.6. The molecule has 0 aliphatic carbocycles. The van der Waals surface area contributed by atoms with Crippen LogP contribution in [0.5, 0.6) is 17.4 Å². The van der Waals surface area contributed by atoms with Crippen molar-refractivity contribution in [3.05, 3.63) is 54.4 Å². The molecule has 1 aromatic carbocycles. The molecule has 0 atom stereocenters. The van der Waals surface area contributed by atoms with Crippen molar-refractivity contribution in [3.8, 4) is 28.6 Å². The third-order valence-electron chi connectivity index (χ3n) is 5.34. The van der Waals surface area contributed by atoms with Gasteiger partial charge in [-0.1, -0.05) is 0 Å². The maximum Gasteiger partial charge on any atom is 0.256 e. The van der Waals surface area contributed by atoms with E-state index in [1.807, 2.05) is 36.7 Å². The van der Waals surface area contributed by atoms with Crippen molar-refractivity contribution in [3.63, 3.8) is 0 Å². The first-order chi connectivity index (χ1) is 16.0. The fraction of sp³-hybridized carbons (Fsp3) is 0.250. The Kier molecular flexibility index (Phi) is 5.29. The summed E-state index contributed by atoms with van der Waals surface area (Å²) >= 11 is 0. The second kappa shape index (κ2) is 8.42. The topological polar surface area (TPSA) is 100 Å². The Morgan fingerprint density at radius 1 is 1.09 bits per heavy atom. The van der Waals surface area contributed by atoms with Gasteiger partial charge in [-0.15, -0.1) is 0 Å². The van der Waals surface area contributed by atoms with E-state index in [9.17, 15) is 4.79 Å². The van der Waals surface area contributed by atoms with Gasteiger partial charge in [-0.25, -0.2) is 14.6 Å². The molecule has 33 heavy (non-hydrogen) atoms. The van der Waals surface area contributed by atoms with Gasteiger partial charge in [-0.05, 0) is 44.2 Å². The first-order valence-corrected chi connectivity index (χ1v) is 10.6. The fourth-order valence-electron chi connectivity index (χ4n) is 3.71. The van der Waals surface area contributed by atoms with E-state index in [0.717, 1.165) is 5.56 Å². The summed E-state index contributed by atoms with van der Waals surface area (Å²) in [5.74, 6) is 1.55. The van der Waals surface area contributed by atoms with Crippen molar-refractivity contribution in [2.75, 3.05) is 25.6 Å². The molecule has 0 bridgehead atoms. The van der Waals surface area contributed by atoms with Crippen molar-refractivity contribution in [2.45, 2.75) is 19.9 Å². The van der Waals surface area contributed by atoms with Crippen molar-refractivity contribution >= 4 is 22.6 Å². The fourth-order valence-corrected chi connectivity index (χ4v) is 3.71. The number of amides is 1. The summed E-state index contributed by atoms with van der Waals surface area (Å²) in [7, 11) is 1.54. The molecule has 168 valence electrons. The molecule has 4 aromatic rings. The van der Waals surface area contributed by atoms with E-state index >= 15 is 0 Å². The lowest BCUT2D eigenvalue weighted by Gasteiger charge is -2.19.